The van der Waals surface area contributed by atoms with Crippen molar-refractivity contribution < 1.29 is 53.4 Å². The molecular formula is C44H73N11O11S. The summed E-state index contributed by atoms with van der Waals surface area (Å²) in [6, 6.07) is -8.37. The molecule has 2 saturated heterocycles. The zero-order chi connectivity index (χ0) is 50.0. The molecule has 2 fully saturated rings. The first kappa shape index (κ1) is 56.0. The van der Waals surface area contributed by atoms with Crippen LogP contribution in [-0.2, 0) is 49.6 Å². The molecule has 23 heteroatoms. The minimum atomic E-state index is -1.45. The van der Waals surface area contributed by atoms with Crippen LogP contribution in [0, 0.1) is 17.8 Å². The van der Waals surface area contributed by atoms with Gasteiger partial charge in [0.2, 0.25) is 47.3 Å². The lowest BCUT2D eigenvalue weighted by Crippen LogP contribution is -2.59. The third-order valence-electron chi connectivity index (χ3n) is 11.8. The number of H-pyrrole nitrogens is 1. The minimum Gasteiger partial charge on any atom is -0.480 e. The second-order valence-corrected chi connectivity index (χ2v) is 19.4. The van der Waals surface area contributed by atoms with Crippen molar-refractivity contribution in [1.29, 1.82) is 0 Å². The third-order valence-corrected chi connectivity index (χ3v) is 12.4. The zero-order valence-corrected chi connectivity index (χ0v) is 40.5. The number of aliphatic hydroxyl groups excluding tert-OH is 1. The average molecular weight is 964 g/mol. The number of nitrogens with two attached hydrogens (primary N) is 1. The average Bonchev–Trinajstić information content (AvgIpc) is 4.08. The van der Waals surface area contributed by atoms with Gasteiger partial charge in [-0.25, -0.2) is 9.78 Å². The smallest absolute Gasteiger partial charge is 0.326 e. The van der Waals surface area contributed by atoms with Crippen LogP contribution in [0.5, 0.6) is 0 Å². The molecule has 22 nitrogen and oxygen atoms in total. The highest BCUT2D eigenvalue weighted by molar-refractivity contribution is 7.98. The van der Waals surface area contributed by atoms with E-state index in [2.05, 4.69) is 47.2 Å². The third kappa shape index (κ3) is 18.0. The van der Waals surface area contributed by atoms with Gasteiger partial charge in [-0.2, -0.15) is 11.8 Å². The van der Waals surface area contributed by atoms with Crippen molar-refractivity contribution in [2.24, 2.45) is 23.5 Å². The van der Waals surface area contributed by atoms with Crippen LogP contribution < -0.4 is 43.0 Å². The summed E-state index contributed by atoms with van der Waals surface area (Å²) < 4.78 is 0. The number of nitrogens with zero attached hydrogens (tertiary/aromatic N) is 2. The van der Waals surface area contributed by atoms with E-state index in [1.54, 1.807) is 27.7 Å². The summed E-state index contributed by atoms with van der Waals surface area (Å²) in [7, 11) is 0. The molecule has 0 aromatic carbocycles. The molecule has 0 radical (unpaired) electrons. The number of likely N-dealkylation sites (tertiary alicyclic amines) is 1. The molecule has 0 unspecified atom stereocenters. The van der Waals surface area contributed by atoms with Gasteiger partial charge in [0.05, 0.1) is 30.9 Å². The van der Waals surface area contributed by atoms with Crippen LogP contribution in [0.25, 0.3) is 0 Å². The number of carboxylic acids is 1. The lowest BCUT2D eigenvalue weighted by atomic mass is 9.95. The lowest BCUT2D eigenvalue weighted by molar-refractivity contribution is -0.149. The number of primary amides is 1. The molecule has 0 saturated carbocycles. The molecule has 0 bridgehead atoms. The highest BCUT2D eigenvalue weighted by Crippen LogP contribution is 2.20. The highest BCUT2D eigenvalue weighted by Gasteiger charge is 2.40. The second kappa shape index (κ2) is 27.5. The fourth-order valence-corrected chi connectivity index (χ4v) is 8.53. The number of hydrogen-bond acceptors (Lipinski definition) is 13. The van der Waals surface area contributed by atoms with E-state index >= 15 is 0 Å². The van der Waals surface area contributed by atoms with E-state index in [0.29, 0.717) is 30.8 Å². The fraction of sp³-hybridized carbons (Fsp3) is 0.727. The largest absolute Gasteiger partial charge is 0.480 e. The molecule has 9 atom stereocenters. The number of amides is 8. The topological polar surface area (TPSA) is 336 Å². The maximum Gasteiger partial charge on any atom is 0.326 e. The summed E-state index contributed by atoms with van der Waals surface area (Å²) in [5, 5.41) is 40.5. The number of aliphatic hydroxyl groups is 1. The first-order chi connectivity index (χ1) is 31.6. The number of rotatable bonds is 28. The van der Waals surface area contributed by atoms with Crippen LogP contribution in [0.4, 0.5) is 0 Å². The van der Waals surface area contributed by atoms with Crippen molar-refractivity contribution in [3.63, 3.8) is 0 Å². The summed E-state index contributed by atoms with van der Waals surface area (Å²) in [6.45, 7) is 11.3. The van der Waals surface area contributed by atoms with Crippen LogP contribution in [0.15, 0.2) is 12.5 Å². The van der Waals surface area contributed by atoms with Gasteiger partial charge < -0.3 is 63.0 Å². The van der Waals surface area contributed by atoms with Crippen LogP contribution in [-0.4, -0.2) is 158 Å². The van der Waals surface area contributed by atoms with Crippen molar-refractivity contribution in [2.75, 3.05) is 25.1 Å². The van der Waals surface area contributed by atoms with Crippen molar-refractivity contribution in [2.45, 2.75) is 160 Å². The summed E-state index contributed by atoms with van der Waals surface area (Å²) in [5.41, 5.74) is 5.86. The van der Waals surface area contributed by atoms with Crippen LogP contribution in [0.2, 0.25) is 0 Å². The first-order valence-corrected chi connectivity index (χ1v) is 24.5. The highest BCUT2D eigenvalue weighted by atomic mass is 32.2. The van der Waals surface area contributed by atoms with Crippen LogP contribution >= 0.6 is 11.8 Å². The molecule has 0 spiro atoms. The number of hydrogen-bond donors (Lipinski definition) is 11. The van der Waals surface area contributed by atoms with Gasteiger partial charge in [-0.3, -0.25) is 38.4 Å². The van der Waals surface area contributed by atoms with Gasteiger partial charge in [0.25, 0.3) is 0 Å². The predicted octanol–water partition coefficient (Wildman–Crippen LogP) is -1.18. The van der Waals surface area contributed by atoms with Gasteiger partial charge in [0.1, 0.15) is 36.3 Å². The van der Waals surface area contributed by atoms with Gasteiger partial charge in [0.15, 0.2) is 0 Å². The first-order valence-electron chi connectivity index (χ1n) is 23.1. The Morgan fingerprint density at radius 2 is 1.45 bits per heavy atom. The maximum absolute atomic E-state index is 13.9. The van der Waals surface area contributed by atoms with Gasteiger partial charge in [-0.05, 0) is 81.3 Å². The second-order valence-electron chi connectivity index (χ2n) is 18.5. The minimum absolute atomic E-state index is 0.0222. The number of carbonyl (C=O) groups is 9. The predicted molar refractivity (Wildman–Crippen MR) is 248 cm³/mol. The summed E-state index contributed by atoms with van der Waals surface area (Å²) >= 11 is 1.42. The SMILES string of the molecule is CSCC[C@H](NC(=O)[C@@H](NC(=O)C[C@H](O)[C@H](CC(C)C)NC(=O)[C@@H](NC(=O)[C@H](CCC(N)=O)NC(=O)[C@@H]1CCCN1)C(C)C)C(C)C)C(=O)N[C@@H](Cc1cnc[nH]1)C(=O)N1CCC[C@H]1C(=O)O. The molecule has 1 aromatic rings. The van der Waals surface area contributed by atoms with Gasteiger partial charge in [-0.1, -0.05) is 41.5 Å². The molecule has 0 aliphatic carbocycles. The maximum atomic E-state index is 13.9. The Hall–Kier alpha value is -5.29. The molecule has 3 heterocycles. The van der Waals surface area contributed by atoms with Crippen molar-refractivity contribution in [3.8, 4) is 0 Å². The summed E-state index contributed by atoms with van der Waals surface area (Å²) in [6.07, 6.45) is 4.90. The molecule has 3 rings (SSSR count). The molecule has 12 N–H and O–H groups in total. The van der Waals surface area contributed by atoms with Gasteiger partial charge in [-0.15, -0.1) is 0 Å². The zero-order valence-electron chi connectivity index (χ0n) is 39.7. The lowest BCUT2D eigenvalue weighted by Gasteiger charge is -2.31. The van der Waals surface area contributed by atoms with Crippen molar-refractivity contribution in [3.05, 3.63) is 18.2 Å². The molecule has 8 amide bonds. The number of carboxylic acid groups (broad SMARTS) is 1. The standard InChI is InChI=1S/C44H73N11O11S/c1-23(2)18-30(51-42(63)37(25(5)6)54-40(61)28(12-13-34(45)57)49-38(59)27-10-8-15-47-27)33(56)20-35(58)53-36(24(3)4)41(62)50-29(14-17-67-7)39(60)52-31(19-26-21-46-22-48-26)43(64)55-16-9-11-32(55)44(65)66/h21-25,27-33,36-37,47,56H,8-20H2,1-7H3,(H2,45,57)(H,46,48)(H,49,59)(H,50,62)(H,51,63)(H,52,60)(H,53,58)(H,54,61)(H,65,66)/t27-,28-,29-,30-,31-,32-,33-,36-,37-/m0/s1. The van der Waals surface area contributed by atoms with Gasteiger partial charge >= 0.3 is 5.97 Å². The quantitative estimate of drug-likeness (QED) is 0.0471. The number of aliphatic carboxylic acids is 1. The Morgan fingerprint density at radius 1 is 0.821 bits per heavy atom. The number of aromatic amines is 1. The van der Waals surface area contributed by atoms with Crippen molar-refractivity contribution in [1.82, 2.24) is 52.1 Å². The fourth-order valence-electron chi connectivity index (χ4n) is 8.06. The Balaban J connectivity index is 1.72. The van der Waals surface area contributed by atoms with E-state index in [1.807, 2.05) is 20.1 Å². The molecule has 1 aromatic heterocycles. The van der Waals surface area contributed by atoms with Gasteiger partial charge in [0, 0.05) is 31.3 Å². The Kier molecular flexibility index (Phi) is 23.0. The van der Waals surface area contributed by atoms with Crippen molar-refractivity contribution >= 4 is 65.0 Å². The Bertz CT molecular complexity index is 1840. The normalized spacial score (nSPS) is 19.1. The number of imidazole rings is 1. The van der Waals surface area contributed by atoms with Crippen LogP contribution in [0.3, 0.4) is 0 Å². The number of carbonyl (C=O) groups excluding carboxylic acids is 8. The van der Waals surface area contributed by atoms with E-state index < -0.39 is 126 Å². The molecule has 376 valence electrons. The monoisotopic (exact) mass is 964 g/mol. The number of aromatic nitrogens is 2. The summed E-state index contributed by atoms with van der Waals surface area (Å²) in [4.78, 5) is 127. The van der Waals surface area contributed by atoms with E-state index in [-0.39, 0.29) is 51.0 Å². The number of nitrogens with one attached hydrogen (secondary N) is 8. The van der Waals surface area contributed by atoms with E-state index in [0.717, 1.165) is 6.42 Å². The Labute approximate surface area is 396 Å². The van der Waals surface area contributed by atoms with E-state index in [4.69, 9.17) is 5.73 Å². The number of thioether (sulfide) groups is 1. The Morgan fingerprint density at radius 3 is 2.01 bits per heavy atom. The summed E-state index contributed by atoms with van der Waals surface area (Å²) in [5.74, 6) is -6.92. The molecule has 2 aliphatic rings. The molecule has 67 heavy (non-hydrogen) atoms. The molecule has 2 aliphatic heterocycles. The van der Waals surface area contributed by atoms with Crippen LogP contribution in [0.1, 0.15) is 105 Å². The van der Waals surface area contributed by atoms with E-state index in [9.17, 15) is 53.4 Å². The van der Waals surface area contributed by atoms with E-state index in [1.165, 1.54) is 29.2 Å². The molecular weight excluding hydrogens is 891 g/mol.